The topological polar surface area (TPSA) is 26.3 Å². The Labute approximate surface area is 114 Å². The molecule has 0 bridgehead atoms. The molecule has 112 valence electrons. The summed E-state index contributed by atoms with van der Waals surface area (Å²) in [6.07, 6.45) is -2.84. The quantitative estimate of drug-likeness (QED) is 0.448. The van der Waals surface area contributed by atoms with Crippen LogP contribution in [0.15, 0.2) is 18.2 Å². The van der Waals surface area contributed by atoms with Gasteiger partial charge in [0.15, 0.2) is 0 Å². The summed E-state index contributed by atoms with van der Waals surface area (Å²) < 4.78 is 55.1. The number of aryl methyl sites for hydroxylation is 1. The fourth-order valence-corrected chi connectivity index (χ4v) is 1.78. The lowest BCUT2D eigenvalue weighted by Gasteiger charge is -2.09. The second-order valence-corrected chi connectivity index (χ2v) is 4.32. The van der Waals surface area contributed by atoms with Gasteiger partial charge in [-0.15, -0.1) is 0 Å². The number of rotatable bonds is 6. The van der Waals surface area contributed by atoms with E-state index in [1.54, 1.807) is 6.92 Å². The highest BCUT2D eigenvalue weighted by molar-refractivity contribution is 5.69. The van der Waals surface area contributed by atoms with Gasteiger partial charge < -0.3 is 4.74 Å². The van der Waals surface area contributed by atoms with E-state index in [4.69, 9.17) is 4.74 Å². The molecule has 2 nitrogen and oxygen atoms in total. The predicted molar refractivity (Wildman–Crippen MR) is 65.6 cm³/mol. The minimum absolute atomic E-state index is 0.261. The highest BCUT2D eigenvalue weighted by Gasteiger charge is 2.33. The minimum atomic E-state index is -4.67. The van der Waals surface area contributed by atoms with Gasteiger partial charge in [0.25, 0.3) is 0 Å². The summed E-state index contributed by atoms with van der Waals surface area (Å²) in [5, 5.41) is 0. The fourth-order valence-electron chi connectivity index (χ4n) is 1.78. The number of esters is 1. The van der Waals surface area contributed by atoms with Crippen LogP contribution in [0.4, 0.5) is 17.6 Å². The zero-order valence-electron chi connectivity index (χ0n) is 11.1. The molecule has 1 aromatic carbocycles. The molecule has 0 aromatic heterocycles. The van der Waals surface area contributed by atoms with Crippen LogP contribution in [-0.4, -0.2) is 12.6 Å². The molecule has 0 amide bonds. The first-order valence-electron chi connectivity index (χ1n) is 6.36. The number of unbranched alkanes of at least 4 members (excludes halogenated alkanes) is 1. The standard InChI is InChI=1S/C14H16F4O2/c1-2-20-13(19)6-4-3-5-10-7-8-11(12(15)9-10)14(16,17)18/h7-9H,2-6H2,1H3. The summed E-state index contributed by atoms with van der Waals surface area (Å²) in [5.41, 5.74) is -0.771. The Kier molecular flexibility index (Phi) is 5.98. The zero-order valence-corrected chi connectivity index (χ0v) is 11.1. The van der Waals surface area contributed by atoms with Crippen molar-refractivity contribution < 1.29 is 27.1 Å². The van der Waals surface area contributed by atoms with E-state index in [1.807, 2.05) is 0 Å². The molecule has 0 spiro atoms. The van der Waals surface area contributed by atoms with Crippen LogP contribution in [-0.2, 0) is 22.1 Å². The van der Waals surface area contributed by atoms with Crippen molar-refractivity contribution in [2.24, 2.45) is 0 Å². The fraction of sp³-hybridized carbons (Fsp3) is 0.500. The molecule has 0 fully saturated rings. The van der Waals surface area contributed by atoms with E-state index in [0.717, 1.165) is 12.1 Å². The molecule has 0 aliphatic heterocycles. The van der Waals surface area contributed by atoms with Gasteiger partial charge in [-0.05, 0) is 43.9 Å². The maximum absolute atomic E-state index is 13.3. The highest BCUT2D eigenvalue weighted by Crippen LogP contribution is 2.31. The molecule has 0 atom stereocenters. The average Bonchev–Trinajstić information content (AvgIpc) is 2.33. The van der Waals surface area contributed by atoms with E-state index >= 15 is 0 Å². The Morgan fingerprint density at radius 1 is 1.25 bits per heavy atom. The first-order chi connectivity index (χ1) is 9.34. The number of carbonyl (C=O) groups excluding carboxylic acids is 1. The molecule has 0 aliphatic rings. The summed E-state index contributed by atoms with van der Waals surface area (Å²) >= 11 is 0. The zero-order chi connectivity index (χ0) is 15.2. The van der Waals surface area contributed by atoms with E-state index in [2.05, 4.69) is 0 Å². The van der Waals surface area contributed by atoms with E-state index < -0.39 is 17.6 Å². The molecular weight excluding hydrogens is 276 g/mol. The Hall–Kier alpha value is -1.59. The number of hydrogen-bond donors (Lipinski definition) is 0. The van der Waals surface area contributed by atoms with Crippen LogP contribution in [0.1, 0.15) is 37.3 Å². The lowest BCUT2D eigenvalue weighted by molar-refractivity contribution is -0.143. The molecule has 0 saturated carbocycles. The largest absolute Gasteiger partial charge is 0.466 e. The summed E-state index contributed by atoms with van der Waals surface area (Å²) in [5.74, 6) is -1.56. The number of carbonyl (C=O) groups is 1. The lowest BCUT2D eigenvalue weighted by atomic mass is 10.0. The Morgan fingerprint density at radius 2 is 1.95 bits per heavy atom. The van der Waals surface area contributed by atoms with Crippen molar-refractivity contribution in [1.29, 1.82) is 0 Å². The normalized spacial score (nSPS) is 11.4. The summed E-state index contributed by atoms with van der Waals surface area (Å²) in [6, 6.07) is 2.90. The van der Waals surface area contributed by atoms with Gasteiger partial charge in [-0.1, -0.05) is 6.07 Å². The van der Waals surface area contributed by atoms with Crippen LogP contribution in [0.2, 0.25) is 0 Å². The molecule has 0 N–H and O–H groups in total. The number of halogens is 4. The van der Waals surface area contributed by atoms with Crippen LogP contribution >= 0.6 is 0 Å². The second kappa shape index (κ2) is 7.26. The van der Waals surface area contributed by atoms with Crippen molar-refractivity contribution in [3.05, 3.63) is 35.1 Å². The van der Waals surface area contributed by atoms with Crippen molar-refractivity contribution in [3.63, 3.8) is 0 Å². The number of hydrogen-bond acceptors (Lipinski definition) is 2. The molecule has 0 radical (unpaired) electrons. The first kappa shape index (κ1) is 16.5. The summed E-state index contributed by atoms with van der Waals surface area (Å²) in [4.78, 5) is 11.1. The first-order valence-corrected chi connectivity index (χ1v) is 6.36. The third kappa shape index (κ3) is 5.19. The van der Waals surface area contributed by atoms with Gasteiger partial charge in [0.1, 0.15) is 5.82 Å². The lowest BCUT2D eigenvalue weighted by Crippen LogP contribution is -2.08. The van der Waals surface area contributed by atoms with Crippen molar-refractivity contribution in [1.82, 2.24) is 0 Å². The van der Waals surface area contributed by atoms with Gasteiger partial charge in [-0.3, -0.25) is 4.79 Å². The molecule has 1 rings (SSSR count). The molecule has 0 aliphatic carbocycles. The van der Waals surface area contributed by atoms with E-state index in [-0.39, 0.29) is 12.4 Å². The van der Waals surface area contributed by atoms with Gasteiger partial charge in [-0.25, -0.2) is 4.39 Å². The minimum Gasteiger partial charge on any atom is -0.466 e. The van der Waals surface area contributed by atoms with Gasteiger partial charge in [-0.2, -0.15) is 13.2 Å². The monoisotopic (exact) mass is 292 g/mol. The van der Waals surface area contributed by atoms with Crippen LogP contribution in [0.25, 0.3) is 0 Å². The maximum atomic E-state index is 13.3. The molecule has 0 saturated heterocycles. The highest BCUT2D eigenvalue weighted by atomic mass is 19.4. The average molecular weight is 292 g/mol. The molecular formula is C14H16F4O2. The third-order valence-electron chi connectivity index (χ3n) is 2.74. The Balaban J connectivity index is 2.46. The van der Waals surface area contributed by atoms with Crippen LogP contribution in [0.3, 0.4) is 0 Å². The van der Waals surface area contributed by atoms with Gasteiger partial charge in [0.05, 0.1) is 12.2 Å². The number of alkyl halides is 3. The SMILES string of the molecule is CCOC(=O)CCCCc1ccc(C(F)(F)F)c(F)c1. The Morgan fingerprint density at radius 3 is 2.50 bits per heavy atom. The number of benzene rings is 1. The van der Waals surface area contributed by atoms with Crippen LogP contribution < -0.4 is 0 Å². The molecule has 1 aromatic rings. The van der Waals surface area contributed by atoms with Crippen molar-refractivity contribution >= 4 is 5.97 Å². The molecule has 0 heterocycles. The third-order valence-corrected chi connectivity index (χ3v) is 2.74. The van der Waals surface area contributed by atoms with E-state index in [9.17, 15) is 22.4 Å². The molecule has 20 heavy (non-hydrogen) atoms. The van der Waals surface area contributed by atoms with Crippen molar-refractivity contribution in [2.45, 2.75) is 38.8 Å². The van der Waals surface area contributed by atoms with Crippen LogP contribution in [0, 0.1) is 5.82 Å². The summed E-state index contributed by atoms with van der Waals surface area (Å²) in [7, 11) is 0. The second-order valence-electron chi connectivity index (χ2n) is 4.32. The van der Waals surface area contributed by atoms with Gasteiger partial charge in [0, 0.05) is 6.42 Å². The van der Waals surface area contributed by atoms with Crippen molar-refractivity contribution in [3.8, 4) is 0 Å². The maximum Gasteiger partial charge on any atom is 0.419 e. The summed E-state index contributed by atoms with van der Waals surface area (Å²) in [6.45, 7) is 2.03. The smallest absolute Gasteiger partial charge is 0.419 e. The van der Waals surface area contributed by atoms with Gasteiger partial charge >= 0.3 is 12.1 Å². The Bertz CT molecular complexity index is 455. The van der Waals surface area contributed by atoms with E-state index in [0.29, 0.717) is 31.4 Å². The van der Waals surface area contributed by atoms with E-state index in [1.165, 1.54) is 6.07 Å². The predicted octanol–water partition coefficient (Wildman–Crippen LogP) is 4.12. The molecule has 0 unspecified atom stereocenters. The number of ether oxygens (including phenoxy) is 1. The van der Waals surface area contributed by atoms with Gasteiger partial charge in [0.2, 0.25) is 0 Å². The van der Waals surface area contributed by atoms with Crippen molar-refractivity contribution in [2.75, 3.05) is 6.61 Å². The van der Waals surface area contributed by atoms with Crippen LogP contribution in [0.5, 0.6) is 0 Å². The molecule has 6 heteroatoms.